The van der Waals surface area contributed by atoms with E-state index in [1.165, 1.54) is 16.4 Å². The molecule has 1 aliphatic heterocycles. The lowest BCUT2D eigenvalue weighted by Gasteiger charge is -2.35. The Hall–Kier alpha value is -1.05. The highest BCUT2D eigenvalue weighted by atomic mass is 32.1. The maximum atomic E-state index is 5.86. The molecule has 1 saturated heterocycles. The van der Waals surface area contributed by atoms with Crippen molar-refractivity contribution in [2.24, 2.45) is 5.92 Å². The molecule has 0 aromatic carbocycles. The second-order valence-corrected chi connectivity index (χ2v) is 7.73. The molecule has 0 aliphatic carbocycles. The van der Waals surface area contributed by atoms with Gasteiger partial charge in [-0.1, -0.05) is 0 Å². The summed E-state index contributed by atoms with van der Waals surface area (Å²) >= 11 is 3.04. The van der Waals surface area contributed by atoms with E-state index in [-0.39, 0.29) is 0 Å². The highest BCUT2D eigenvalue weighted by molar-refractivity contribution is 7.09. The molecular weight excluding hydrogens is 316 g/mol. The van der Waals surface area contributed by atoms with Crippen molar-refractivity contribution >= 4 is 28.2 Å². The van der Waals surface area contributed by atoms with Crippen LogP contribution in [0.3, 0.4) is 0 Å². The Balaban J connectivity index is 1.73. The van der Waals surface area contributed by atoms with Crippen molar-refractivity contribution in [1.29, 1.82) is 0 Å². The molecule has 0 spiro atoms. The molecule has 2 aromatic rings. The van der Waals surface area contributed by atoms with Crippen LogP contribution in [-0.4, -0.2) is 32.5 Å². The molecule has 7 heteroatoms. The van der Waals surface area contributed by atoms with Gasteiger partial charge < -0.3 is 9.64 Å². The molecule has 0 radical (unpaired) electrons. The first-order valence-corrected chi connectivity index (χ1v) is 9.25. The molecule has 3 heterocycles. The molecule has 2 atom stereocenters. The zero-order valence-electron chi connectivity index (χ0n) is 13.2. The van der Waals surface area contributed by atoms with E-state index < -0.39 is 0 Å². The fourth-order valence-corrected chi connectivity index (χ4v) is 4.41. The van der Waals surface area contributed by atoms with Gasteiger partial charge in [-0.3, -0.25) is 0 Å². The molecule has 5 nitrogen and oxygen atoms in total. The fourth-order valence-electron chi connectivity index (χ4n) is 3.14. The van der Waals surface area contributed by atoms with E-state index in [2.05, 4.69) is 38.5 Å². The predicted molar refractivity (Wildman–Crippen MR) is 90.5 cm³/mol. The number of anilines is 1. The van der Waals surface area contributed by atoms with Crippen molar-refractivity contribution in [1.82, 2.24) is 13.7 Å². The Morgan fingerprint density at radius 2 is 2.05 bits per heavy atom. The van der Waals surface area contributed by atoms with Crippen molar-refractivity contribution in [2.75, 3.05) is 11.4 Å². The second-order valence-electron chi connectivity index (χ2n) is 6.08. The van der Waals surface area contributed by atoms with E-state index in [4.69, 9.17) is 4.74 Å². The largest absolute Gasteiger partial charge is 0.376 e. The van der Waals surface area contributed by atoms with Gasteiger partial charge in [-0.2, -0.15) is 4.37 Å². The molecule has 22 heavy (non-hydrogen) atoms. The first-order valence-electron chi connectivity index (χ1n) is 7.70. The SMILES string of the molecule is Cc1nsc(N(Cc2ccns2)CC2CC(C)OC(C)C2)n1. The van der Waals surface area contributed by atoms with Crippen LogP contribution in [0.15, 0.2) is 12.3 Å². The highest BCUT2D eigenvalue weighted by Gasteiger charge is 2.27. The minimum Gasteiger partial charge on any atom is -0.376 e. The minimum atomic E-state index is 0.343. The summed E-state index contributed by atoms with van der Waals surface area (Å²) in [5.41, 5.74) is 0. The van der Waals surface area contributed by atoms with Gasteiger partial charge in [0, 0.05) is 29.2 Å². The lowest BCUT2D eigenvalue weighted by atomic mass is 9.92. The second kappa shape index (κ2) is 7.02. The zero-order chi connectivity index (χ0) is 15.5. The van der Waals surface area contributed by atoms with Crippen LogP contribution in [-0.2, 0) is 11.3 Å². The van der Waals surface area contributed by atoms with Crippen LogP contribution in [0.5, 0.6) is 0 Å². The smallest absolute Gasteiger partial charge is 0.205 e. The molecule has 120 valence electrons. The van der Waals surface area contributed by atoms with Gasteiger partial charge in [0.1, 0.15) is 5.82 Å². The van der Waals surface area contributed by atoms with Gasteiger partial charge in [-0.05, 0) is 57.1 Å². The average molecular weight is 339 g/mol. The van der Waals surface area contributed by atoms with Gasteiger partial charge >= 0.3 is 0 Å². The van der Waals surface area contributed by atoms with E-state index >= 15 is 0 Å². The van der Waals surface area contributed by atoms with E-state index in [1.54, 1.807) is 11.5 Å². The minimum absolute atomic E-state index is 0.343. The van der Waals surface area contributed by atoms with Gasteiger partial charge in [0.05, 0.1) is 18.8 Å². The van der Waals surface area contributed by atoms with Gasteiger partial charge in [-0.15, -0.1) is 0 Å². The van der Waals surface area contributed by atoms with E-state index in [9.17, 15) is 0 Å². The Morgan fingerprint density at radius 1 is 1.27 bits per heavy atom. The van der Waals surface area contributed by atoms with Crippen molar-refractivity contribution in [3.05, 3.63) is 23.0 Å². The van der Waals surface area contributed by atoms with Crippen molar-refractivity contribution < 1.29 is 4.74 Å². The number of aryl methyl sites for hydroxylation is 1. The summed E-state index contributed by atoms with van der Waals surface area (Å²) in [5, 5.41) is 1.01. The van der Waals surface area contributed by atoms with Crippen LogP contribution < -0.4 is 4.90 Å². The molecular formula is C15H22N4OS2. The number of hydrogen-bond acceptors (Lipinski definition) is 7. The molecule has 0 bridgehead atoms. The number of ether oxygens (including phenoxy) is 1. The quantitative estimate of drug-likeness (QED) is 0.835. The first kappa shape index (κ1) is 15.8. The lowest BCUT2D eigenvalue weighted by molar-refractivity contribution is -0.0505. The maximum Gasteiger partial charge on any atom is 0.205 e. The summed E-state index contributed by atoms with van der Waals surface area (Å²) in [6, 6.07) is 2.08. The number of aromatic nitrogens is 3. The standard InChI is InChI=1S/C15H22N4OS2/c1-10-6-13(7-11(2)20-10)8-19(9-14-4-5-16-21-14)15-17-12(3)18-22-15/h4-5,10-11,13H,6-9H2,1-3H3. The predicted octanol–water partition coefficient (Wildman–Crippen LogP) is 3.51. The molecule has 3 rings (SSSR count). The molecule has 0 amide bonds. The van der Waals surface area contributed by atoms with E-state index in [0.717, 1.165) is 36.9 Å². The summed E-state index contributed by atoms with van der Waals surface area (Å²) in [6.45, 7) is 8.16. The van der Waals surface area contributed by atoms with Crippen LogP contribution in [0.4, 0.5) is 5.13 Å². The normalized spacial score (nSPS) is 25.3. The van der Waals surface area contributed by atoms with Gasteiger partial charge in [-0.25, -0.2) is 9.36 Å². The Kier molecular flexibility index (Phi) is 5.05. The van der Waals surface area contributed by atoms with Crippen molar-refractivity contribution in [3.63, 3.8) is 0 Å². The Labute approximate surface area is 139 Å². The summed E-state index contributed by atoms with van der Waals surface area (Å²) in [4.78, 5) is 8.20. The van der Waals surface area contributed by atoms with Gasteiger partial charge in [0.2, 0.25) is 5.13 Å². The van der Waals surface area contributed by atoms with Gasteiger partial charge in [0.15, 0.2) is 0 Å². The molecule has 1 fully saturated rings. The average Bonchev–Trinajstić information content (AvgIpc) is 3.08. The van der Waals surface area contributed by atoms with Crippen LogP contribution in [0.25, 0.3) is 0 Å². The summed E-state index contributed by atoms with van der Waals surface area (Å²) in [7, 11) is 0. The van der Waals surface area contributed by atoms with Crippen LogP contribution >= 0.6 is 23.1 Å². The maximum absolute atomic E-state index is 5.86. The van der Waals surface area contributed by atoms with Crippen LogP contribution in [0.2, 0.25) is 0 Å². The summed E-state index contributed by atoms with van der Waals surface area (Å²) < 4.78 is 14.4. The topological polar surface area (TPSA) is 51.1 Å². The zero-order valence-corrected chi connectivity index (χ0v) is 14.9. The molecule has 2 unspecified atom stereocenters. The highest BCUT2D eigenvalue weighted by Crippen LogP contribution is 2.29. The fraction of sp³-hybridized carbons (Fsp3) is 0.667. The summed E-state index contributed by atoms with van der Waals surface area (Å²) in [6.07, 6.45) is 4.77. The van der Waals surface area contributed by atoms with Crippen molar-refractivity contribution in [2.45, 2.75) is 52.4 Å². The van der Waals surface area contributed by atoms with Crippen LogP contribution in [0.1, 0.15) is 37.4 Å². The van der Waals surface area contributed by atoms with E-state index in [0.29, 0.717) is 18.1 Å². The summed E-state index contributed by atoms with van der Waals surface area (Å²) in [5.74, 6) is 1.49. The third kappa shape index (κ3) is 4.02. The molecule has 0 saturated carbocycles. The number of hydrogen-bond donors (Lipinski definition) is 0. The molecule has 2 aromatic heterocycles. The molecule has 1 aliphatic rings. The Bertz CT molecular complexity index is 576. The van der Waals surface area contributed by atoms with Crippen molar-refractivity contribution in [3.8, 4) is 0 Å². The number of rotatable bonds is 5. The van der Waals surface area contributed by atoms with E-state index in [1.807, 2.05) is 13.1 Å². The molecule has 0 N–H and O–H groups in total. The monoisotopic (exact) mass is 338 g/mol. The third-order valence-corrected chi connectivity index (χ3v) is 5.49. The van der Waals surface area contributed by atoms with Gasteiger partial charge in [0.25, 0.3) is 0 Å². The number of nitrogens with zero attached hydrogens (tertiary/aromatic N) is 4. The third-order valence-electron chi connectivity index (χ3n) is 3.90. The lowest BCUT2D eigenvalue weighted by Crippen LogP contribution is -2.37. The first-order chi connectivity index (χ1) is 10.6. The Morgan fingerprint density at radius 3 is 2.64 bits per heavy atom. The van der Waals surface area contributed by atoms with Crippen LogP contribution in [0, 0.1) is 12.8 Å².